The fourth-order valence-corrected chi connectivity index (χ4v) is 3.54. The first kappa shape index (κ1) is 15.0. The van der Waals surface area contributed by atoms with Crippen LogP contribution in [0, 0.1) is 11.3 Å². The van der Waals surface area contributed by atoms with Crippen molar-refractivity contribution in [3.05, 3.63) is 51.7 Å². The van der Waals surface area contributed by atoms with Crippen molar-refractivity contribution in [2.75, 3.05) is 31.1 Å². The molecule has 1 aliphatic rings. The molecule has 0 spiro atoms. The number of thiophene rings is 1. The van der Waals surface area contributed by atoms with Crippen LogP contribution in [-0.4, -0.2) is 36.2 Å². The summed E-state index contributed by atoms with van der Waals surface area (Å²) in [7, 11) is 0. The van der Waals surface area contributed by atoms with Gasteiger partial charge in [-0.25, -0.2) is 0 Å². The maximum Gasteiger partial charge on any atom is 0.0991 e. The summed E-state index contributed by atoms with van der Waals surface area (Å²) in [5.41, 5.74) is 3.87. The fraction of sp³-hybridized carbons (Fsp3) is 0.353. The summed E-state index contributed by atoms with van der Waals surface area (Å²) in [5, 5.41) is 22.8. The van der Waals surface area contributed by atoms with Gasteiger partial charge in [0.1, 0.15) is 0 Å². The van der Waals surface area contributed by atoms with Crippen LogP contribution in [0.1, 0.15) is 16.7 Å². The van der Waals surface area contributed by atoms with Gasteiger partial charge >= 0.3 is 0 Å². The highest BCUT2D eigenvalue weighted by Gasteiger charge is 2.19. The lowest BCUT2D eigenvalue weighted by Crippen LogP contribution is -2.46. The third-order valence-electron chi connectivity index (χ3n) is 4.08. The Morgan fingerprint density at radius 2 is 2.00 bits per heavy atom. The molecule has 0 aliphatic carbocycles. The Kier molecular flexibility index (Phi) is 4.74. The van der Waals surface area contributed by atoms with Crippen LogP contribution in [0.5, 0.6) is 0 Å². The van der Waals surface area contributed by atoms with E-state index in [-0.39, 0.29) is 6.61 Å². The van der Waals surface area contributed by atoms with Crippen molar-refractivity contribution in [1.82, 2.24) is 4.90 Å². The van der Waals surface area contributed by atoms with Crippen LogP contribution in [0.25, 0.3) is 0 Å². The molecule has 0 saturated carbocycles. The molecule has 1 saturated heterocycles. The second-order valence-corrected chi connectivity index (χ2v) is 6.29. The van der Waals surface area contributed by atoms with Crippen molar-refractivity contribution >= 4 is 17.0 Å². The minimum absolute atomic E-state index is 0.0278. The summed E-state index contributed by atoms with van der Waals surface area (Å²) < 4.78 is 0. The van der Waals surface area contributed by atoms with Crippen molar-refractivity contribution < 1.29 is 5.11 Å². The van der Waals surface area contributed by atoms with Gasteiger partial charge in [0.05, 0.1) is 18.2 Å². The van der Waals surface area contributed by atoms with Crippen molar-refractivity contribution in [1.29, 1.82) is 5.26 Å². The third kappa shape index (κ3) is 3.30. The van der Waals surface area contributed by atoms with Crippen LogP contribution in [-0.2, 0) is 13.2 Å². The van der Waals surface area contributed by atoms with Crippen LogP contribution in [0.2, 0.25) is 0 Å². The molecule has 1 N–H and O–H groups in total. The van der Waals surface area contributed by atoms with Gasteiger partial charge in [-0.05, 0) is 40.6 Å². The molecule has 1 aliphatic heterocycles. The number of hydrogen-bond donors (Lipinski definition) is 1. The van der Waals surface area contributed by atoms with Crippen LogP contribution in [0.3, 0.4) is 0 Å². The Bertz CT molecular complexity index is 655. The van der Waals surface area contributed by atoms with Gasteiger partial charge in [-0.15, -0.1) is 0 Å². The number of benzene rings is 1. The van der Waals surface area contributed by atoms with Crippen LogP contribution in [0.4, 0.5) is 5.69 Å². The monoisotopic (exact) mass is 313 g/mol. The van der Waals surface area contributed by atoms with Crippen LogP contribution < -0.4 is 4.90 Å². The summed E-state index contributed by atoms with van der Waals surface area (Å²) in [5.74, 6) is 0. The van der Waals surface area contributed by atoms with Crippen molar-refractivity contribution in [3.63, 3.8) is 0 Å². The highest BCUT2D eigenvalue weighted by atomic mass is 32.1. The quantitative estimate of drug-likeness (QED) is 0.942. The average molecular weight is 313 g/mol. The Labute approximate surface area is 134 Å². The van der Waals surface area contributed by atoms with Gasteiger partial charge in [0, 0.05) is 44.0 Å². The van der Waals surface area contributed by atoms with Gasteiger partial charge in [0.15, 0.2) is 0 Å². The fourth-order valence-electron chi connectivity index (χ4n) is 2.88. The van der Waals surface area contributed by atoms with Crippen molar-refractivity contribution in [3.8, 4) is 6.07 Å². The molecule has 0 atom stereocenters. The summed E-state index contributed by atoms with van der Waals surface area (Å²) in [6.07, 6.45) is 0. The largest absolute Gasteiger partial charge is 0.392 e. The summed E-state index contributed by atoms with van der Waals surface area (Å²) in [6.45, 7) is 4.91. The van der Waals surface area contributed by atoms with E-state index in [1.165, 1.54) is 5.56 Å². The Morgan fingerprint density at radius 1 is 1.18 bits per heavy atom. The highest BCUT2D eigenvalue weighted by molar-refractivity contribution is 7.07. The first-order valence-electron chi connectivity index (χ1n) is 7.42. The van der Waals surface area contributed by atoms with E-state index in [0.717, 1.165) is 44.0 Å². The highest BCUT2D eigenvalue weighted by Crippen LogP contribution is 2.24. The van der Waals surface area contributed by atoms with Gasteiger partial charge in [-0.2, -0.15) is 16.6 Å². The summed E-state index contributed by atoms with van der Waals surface area (Å²) >= 11 is 1.74. The molecule has 1 fully saturated rings. The maximum atomic E-state index is 9.55. The topological polar surface area (TPSA) is 50.5 Å². The molecule has 5 heteroatoms. The lowest BCUT2D eigenvalue weighted by molar-refractivity contribution is 0.248. The number of rotatable bonds is 4. The minimum Gasteiger partial charge on any atom is -0.392 e. The number of aliphatic hydroxyl groups is 1. The zero-order valence-electron chi connectivity index (χ0n) is 12.4. The van der Waals surface area contributed by atoms with Crippen molar-refractivity contribution in [2.24, 2.45) is 0 Å². The first-order valence-corrected chi connectivity index (χ1v) is 8.36. The molecule has 1 aromatic carbocycles. The molecule has 2 heterocycles. The molecular weight excluding hydrogens is 294 g/mol. The van der Waals surface area contributed by atoms with Crippen LogP contribution in [0.15, 0.2) is 35.0 Å². The predicted molar refractivity (Wildman–Crippen MR) is 88.9 cm³/mol. The number of aliphatic hydroxyl groups excluding tert-OH is 1. The standard InChI is InChI=1S/C17H19N3OS/c18-10-14-1-2-17(16(9-14)12-21)20-6-4-19(5-7-20)11-15-3-8-22-13-15/h1-3,8-9,13,21H,4-7,11-12H2. The zero-order valence-corrected chi connectivity index (χ0v) is 13.2. The summed E-state index contributed by atoms with van der Waals surface area (Å²) in [4.78, 5) is 4.76. The van der Waals surface area contributed by atoms with E-state index in [0.29, 0.717) is 5.56 Å². The number of anilines is 1. The Morgan fingerprint density at radius 3 is 2.64 bits per heavy atom. The molecule has 0 radical (unpaired) electrons. The van der Waals surface area contributed by atoms with E-state index in [2.05, 4.69) is 32.7 Å². The average Bonchev–Trinajstić information content (AvgIpc) is 3.08. The molecule has 1 aromatic heterocycles. The lowest BCUT2D eigenvalue weighted by Gasteiger charge is -2.36. The van der Waals surface area contributed by atoms with E-state index in [9.17, 15) is 5.11 Å². The molecule has 4 nitrogen and oxygen atoms in total. The number of nitrogens with zero attached hydrogens (tertiary/aromatic N) is 3. The number of piperazine rings is 1. The first-order chi connectivity index (χ1) is 10.8. The normalized spacial score (nSPS) is 15.7. The number of hydrogen-bond acceptors (Lipinski definition) is 5. The molecule has 2 aromatic rings. The third-order valence-corrected chi connectivity index (χ3v) is 4.81. The second kappa shape index (κ2) is 6.93. The molecule has 3 rings (SSSR count). The second-order valence-electron chi connectivity index (χ2n) is 5.51. The van der Waals surface area contributed by atoms with E-state index >= 15 is 0 Å². The Balaban J connectivity index is 1.65. The zero-order chi connectivity index (χ0) is 15.4. The molecule has 0 unspecified atom stereocenters. The molecule has 0 amide bonds. The van der Waals surface area contributed by atoms with E-state index in [1.807, 2.05) is 12.1 Å². The van der Waals surface area contributed by atoms with Crippen molar-refractivity contribution in [2.45, 2.75) is 13.2 Å². The van der Waals surface area contributed by atoms with E-state index in [4.69, 9.17) is 5.26 Å². The van der Waals surface area contributed by atoms with Gasteiger partial charge in [0.2, 0.25) is 0 Å². The predicted octanol–water partition coefficient (Wildman–Crippen LogP) is 2.43. The van der Waals surface area contributed by atoms with Crippen LogP contribution >= 0.6 is 11.3 Å². The molecule has 22 heavy (non-hydrogen) atoms. The van der Waals surface area contributed by atoms with E-state index < -0.39 is 0 Å². The maximum absolute atomic E-state index is 9.55. The number of nitriles is 1. The van der Waals surface area contributed by atoms with Gasteiger partial charge in [0.25, 0.3) is 0 Å². The molecular formula is C17H19N3OS. The van der Waals surface area contributed by atoms with Gasteiger partial charge in [-0.1, -0.05) is 0 Å². The smallest absolute Gasteiger partial charge is 0.0991 e. The lowest BCUT2D eigenvalue weighted by atomic mass is 10.1. The Hall–Kier alpha value is -1.87. The molecule has 114 valence electrons. The van der Waals surface area contributed by atoms with Gasteiger partial charge < -0.3 is 10.0 Å². The van der Waals surface area contributed by atoms with Gasteiger partial charge in [-0.3, -0.25) is 4.90 Å². The SMILES string of the molecule is N#Cc1ccc(N2CCN(Cc3ccsc3)CC2)c(CO)c1. The van der Waals surface area contributed by atoms with E-state index in [1.54, 1.807) is 17.4 Å². The molecule has 0 bridgehead atoms. The summed E-state index contributed by atoms with van der Waals surface area (Å²) in [6, 6.07) is 9.88. The minimum atomic E-state index is -0.0278.